The summed E-state index contributed by atoms with van der Waals surface area (Å²) in [5.74, 6) is -4.64. The van der Waals surface area contributed by atoms with Crippen LogP contribution in [0.25, 0.3) is 0 Å². The van der Waals surface area contributed by atoms with Crippen molar-refractivity contribution in [3.05, 3.63) is 68.6 Å². The van der Waals surface area contributed by atoms with Gasteiger partial charge in [0.05, 0.1) is 0 Å². The maximum atomic E-state index is 15.2. The van der Waals surface area contributed by atoms with Gasteiger partial charge >= 0.3 is 5.97 Å². The number of ether oxygens (including phenoxy) is 1. The Morgan fingerprint density at radius 2 is 1.63 bits per heavy atom. The topological polar surface area (TPSA) is 55.4 Å². The molecule has 0 bridgehead atoms. The largest absolute Gasteiger partial charge is 0.460 e. The van der Waals surface area contributed by atoms with Gasteiger partial charge in [-0.2, -0.15) is 8.78 Å². The summed E-state index contributed by atoms with van der Waals surface area (Å²) in [6.45, 7) is 0. The number of alkyl halides is 2. The number of hydrogen-bond acceptors (Lipinski definition) is 3. The summed E-state index contributed by atoms with van der Waals surface area (Å²) in [6.07, 6.45) is -0.933. The third-order valence-corrected chi connectivity index (χ3v) is 5.36. The predicted molar refractivity (Wildman–Crippen MR) is 103 cm³/mol. The zero-order chi connectivity index (χ0) is 19.6. The SMILES string of the molecule is O=C1CC[C@H]([C@H](NC(=O)c2ccc(Br)cc2)C(F)(F)c2ccc(Br)cc2)O1. The van der Waals surface area contributed by atoms with Gasteiger partial charge in [0.25, 0.3) is 11.8 Å². The molecular weight excluding hydrogens is 488 g/mol. The molecule has 0 aliphatic carbocycles. The zero-order valence-electron chi connectivity index (χ0n) is 13.9. The Morgan fingerprint density at radius 3 is 2.15 bits per heavy atom. The summed E-state index contributed by atoms with van der Waals surface area (Å²) in [4.78, 5) is 24.0. The van der Waals surface area contributed by atoms with E-state index in [2.05, 4.69) is 37.2 Å². The number of nitrogens with one attached hydrogen (secondary N) is 1. The molecule has 1 amide bonds. The molecule has 3 rings (SSSR count). The molecule has 1 saturated heterocycles. The highest BCUT2D eigenvalue weighted by Gasteiger charge is 2.49. The van der Waals surface area contributed by atoms with Gasteiger partial charge in [-0.3, -0.25) is 9.59 Å². The molecule has 2 aromatic rings. The van der Waals surface area contributed by atoms with Crippen LogP contribution in [0.4, 0.5) is 8.78 Å². The van der Waals surface area contributed by atoms with E-state index in [-0.39, 0.29) is 24.0 Å². The van der Waals surface area contributed by atoms with E-state index in [1.165, 1.54) is 36.4 Å². The van der Waals surface area contributed by atoms with E-state index in [1.807, 2.05) is 0 Å². The standard InChI is InChI=1S/C19H15Br2F2NO3/c20-13-5-1-11(2-6-13)18(26)24-17(15-9-10-16(25)27-15)19(22,23)12-3-7-14(21)8-4-12/h1-8,15,17H,9-10H2,(H,24,26)/t15-,17+/m1/s1. The highest BCUT2D eigenvalue weighted by Crippen LogP contribution is 2.37. The number of carbonyl (C=O) groups is 2. The molecule has 1 aliphatic rings. The maximum Gasteiger partial charge on any atom is 0.306 e. The minimum Gasteiger partial charge on any atom is -0.460 e. The quantitative estimate of drug-likeness (QED) is 0.597. The molecule has 1 aliphatic heterocycles. The van der Waals surface area contributed by atoms with E-state index in [4.69, 9.17) is 4.74 Å². The molecule has 2 aromatic carbocycles. The van der Waals surface area contributed by atoms with Crippen LogP contribution in [0, 0.1) is 0 Å². The zero-order valence-corrected chi connectivity index (χ0v) is 17.1. The Kier molecular flexibility index (Phi) is 5.95. The maximum absolute atomic E-state index is 15.2. The molecule has 1 heterocycles. The van der Waals surface area contributed by atoms with E-state index < -0.39 is 29.9 Å². The second-order valence-corrected chi connectivity index (χ2v) is 7.99. The molecule has 0 aromatic heterocycles. The first-order chi connectivity index (χ1) is 12.8. The highest BCUT2D eigenvalue weighted by molar-refractivity contribution is 9.10. The molecule has 0 saturated carbocycles. The van der Waals surface area contributed by atoms with Crippen LogP contribution in [0.1, 0.15) is 28.8 Å². The lowest BCUT2D eigenvalue weighted by Gasteiger charge is -2.31. The first-order valence-corrected chi connectivity index (χ1v) is 9.76. The molecule has 0 spiro atoms. The average Bonchev–Trinajstić information content (AvgIpc) is 3.06. The Balaban J connectivity index is 1.90. The second-order valence-electron chi connectivity index (χ2n) is 6.15. The van der Waals surface area contributed by atoms with Crippen molar-refractivity contribution in [2.45, 2.75) is 30.9 Å². The van der Waals surface area contributed by atoms with Gasteiger partial charge in [-0.05, 0) is 42.8 Å². The number of esters is 1. The fourth-order valence-corrected chi connectivity index (χ4v) is 3.40. The molecule has 142 valence electrons. The fraction of sp³-hybridized carbons (Fsp3) is 0.263. The molecule has 8 heteroatoms. The Labute approximate surface area is 171 Å². The number of carbonyl (C=O) groups excluding carboxylic acids is 2. The van der Waals surface area contributed by atoms with Crippen LogP contribution in [0.2, 0.25) is 0 Å². The number of rotatable bonds is 5. The van der Waals surface area contributed by atoms with Crippen molar-refractivity contribution in [3.8, 4) is 0 Å². The third-order valence-electron chi connectivity index (χ3n) is 4.30. The molecule has 4 nitrogen and oxygen atoms in total. The van der Waals surface area contributed by atoms with E-state index in [0.29, 0.717) is 4.47 Å². The van der Waals surface area contributed by atoms with E-state index in [1.54, 1.807) is 12.1 Å². The van der Waals surface area contributed by atoms with Gasteiger partial charge in [-0.1, -0.05) is 44.0 Å². The van der Waals surface area contributed by atoms with Crippen molar-refractivity contribution in [1.82, 2.24) is 5.32 Å². The van der Waals surface area contributed by atoms with Crippen LogP contribution in [-0.2, 0) is 15.5 Å². The van der Waals surface area contributed by atoms with Gasteiger partial charge in [0.2, 0.25) is 0 Å². The number of cyclic esters (lactones) is 1. The van der Waals surface area contributed by atoms with E-state index in [9.17, 15) is 9.59 Å². The summed E-state index contributed by atoms with van der Waals surface area (Å²) in [5.41, 5.74) is -0.0334. The van der Waals surface area contributed by atoms with Crippen LogP contribution in [0.3, 0.4) is 0 Å². The molecule has 0 radical (unpaired) electrons. The first kappa shape index (κ1) is 19.9. The molecule has 1 N–H and O–H groups in total. The third kappa shape index (κ3) is 4.55. The van der Waals surface area contributed by atoms with E-state index >= 15 is 8.78 Å². The highest BCUT2D eigenvalue weighted by atomic mass is 79.9. The van der Waals surface area contributed by atoms with Gasteiger partial charge in [-0.15, -0.1) is 0 Å². The lowest BCUT2D eigenvalue weighted by molar-refractivity contribution is -0.147. The smallest absolute Gasteiger partial charge is 0.306 e. The number of benzene rings is 2. The number of hydrogen-bond donors (Lipinski definition) is 1. The van der Waals surface area contributed by atoms with Gasteiger partial charge in [0.15, 0.2) is 0 Å². The summed E-state index contributed by atoms with van der Waals surface area (Å²) < 4.78 is 37.0. The van der Waals surface area contributed by atoms with Crippen molar-refractivity contribution in [3.63, 3.8) is 0 Å². The lowest BCUT2D eigenvalue weighted by atomic mass is 9.94. The lowest BCUT2D eigenvalue weighted by Crippen LogP contribution is -2.53. The van der Waals surface area contributed by atoms with Crippen molar-refractivity contribution in [2.75, 3.05) is 0 Å². The average molecular weight is 503 g/mol. The summed E-state index contributed by atoms with van der Waals surface area (Å²) in [5, 5.41) is 2.38. The van der Waals surface area contributed by atoms with Crippen LogP contribution < -0.4 is 5.32 Å². The Morgan fingerprint density at radius 1 is 1.07 bits per heavy atom. The Hall–Kier alpha value is -1.80. The van der Waals surface area contributed by atoms with Crippen molar-refractivity contribution in [2.24, 2.45) is 0 Å². The predicted octanol–water partition coefficient (Wildman–Crippen LogP) is 4.81. The first-order valence-electron chi connectivity index (χ1n) is 8.17. The number of halogens is 4. The van der Waals surface area contributed by atoms with Gasteiger partial charge in [0, 0.05) is 26.5 Å². The Bertz CT molecular complexity index is 841. The van der Waals surface area contributed by atoms with Crippen molar-refractivity contribution in [1.29, 1.82) is 0 Å². The normalized spacial score (nSPS) is 18.1. The molecule has 2 atom stereocenters. The van der Waals surface area contributed by atoms with Crippen LogP contribution in [0.5, 0.6) is 0 Å². The monoisotopic (exact) mass is 501 g/mol. The molecule has 1 fully saturated rings. The molecular formula is C19H15Br2F2NO3. The van der Waals surface area contributed by atoms with Crippen LogP contribution in [0.15, 0.2) is 57.5 Å². The van der Waals surface area contributed by atoms with Crippen LogP contribution in [-0.4, -0.2) is 24.0 Å². The van der Waals surface area contributed by atoms with E-state index in [0.717, 1.165) is 4.47 Å². The minimum absolute atomic E-state index is 0.0474. The summed E-state index contributed by atoms with van der Waals surface area (Å²) in [7, 11) is 0. The van der Waals surface area contributed by atoms with Crippen molar-refractivity contribution >= 4 is 43.7 Å². The van der Waals surface area contributed by atoms with Gasteiger partial charge in [0.1, 0.15) is 12.1 Å². The summed E-state index contributed by atoms with van der Waals surface area (Å²) >= 11 is 6.47. The minimum atomic E-state index is -3.43. The number of amides is 1. The van der Waals surface area contributed by atoms with Crippen molar-refractivity contribution < 1.29 is 23.1 Å². The second kappa shape index (κ2) is 8.06. The fourth-order valence-electron chi connectivity index (χ4n) is 2.88. The molecule has 27 heavy (non-hydrogen) atoms. The van der Waals surface area contributed by atoms with Crippen LogP contribution >= 0.6 is 31.9 Å². The summed E-state index contributed by atoms with van der Waals surface area (Å²) in [6, 6.07) is 10.2. The van der Waals surface area contributed by atoms with Gasteiger partial charge in [-0.25, -0.2) is 0 Å². The molecule has 0 unspecified atom stereocenters. The van der Waals surface area contributed by atoms with Gasteiger partial charge < -0.3 is 10.1 Å².